The van der Waals surface area contributed by atoms with Gasteiger partial charge in [0.25, 0.3) is 0 Å². The fourth-order valence-electron chi connectivity index (χ4n) is 1.59. The molecule has 2 nitrogen and oxygen atoms in total. The number of rotatable bonds is 3. The first-order chi connectivity index (χ1) is 8.88. The fourth-order valence-corrected chi connectivity index (χ4v) is 3.72. The predicted octanol–water partition coefficient (Wildman–Crippen LogP) is 3.66. The number of nitrogen functional groups attached to an aromatic ring is 1. The van der Waals surface area contributed by atoms with Crippen molar-refractivity contribution in [2.75, 3.05) is 5.73 Å². The van der Waals surface area contributed by atoms with Crippen molar-refractivity contribution in [1.29, 1.82) is 0 Å². The van der Waals surface area contributed by atoms with Gasteiger partial charge in [0.2, 0.25) is 0 Å². The molecule has 2 aromatic rings. The van der Waals surface area contributed by atoms with Gasteiger partial charge >= 0.3 is 6.18 Å². The first-order valence-electron chi connectivity index (χ1n) is 5.25. The zero-order valence-corrected chi connectivity index (χ0v) is 11.2. The molecule has 2 rings (SSSR count). The Hall–Kier alpha value is -1.34. The molecule has 0 bridgehead atoms. The summed E-state index contributed by atoms with van der Waals surface area (Å²) in [5.74, 6) is -0.171. The monoisotopic (exact) mass is 305 g/mol. The molecule has 1 heterocycles. The second-order valence-corrected chi connectivity index (χ2v) is 6.46. The third-order valence-corrected chi connectivity index (χ3v) is 5.11. The Kier molecular flexibility index (Phi) is 3.96. The third kappa shape index (κ3) is 3.36. The summed E-state index contributed by atoms with van der Waals surface area (Å²) in [4.78, 5) is 0. The quantitative estimate of drug-likeness (QED) is 0.880. The maximum absolute atomic E-state index is 12.9. The van der Waals surface area contributed by atoms with E-state index in [1.54, 1.807) is 17.5 Å². The second kappa shape index (κ2) is 5.34. The van der Waals surface area contributed by atoms with Gasteiger partial charge in [-0.15, -0.1) is 11.3 Å². The Morgan fingerprint density at radius 2 is 2.00 bits per heavy atom. The molecule has 0 aliphatic heterocycles. The van der Waals surface area contributed by atoms with E-state index < -0.39 is 22.5 Å². The molecule has 0 saturated carbocycles. The minimum Gasteiger partial charge on any atom is -0.399 e. The second-order valence-electron chi connectivity index (χ2n) is 3.84. The number of benzene rings is 1. The Morgan fingerprint density at radius 3 is 2.58 bits per heavy atom. The van der Waals surface area contributed by atoms with E-state index in [0.717, 1.165) is 6.07 Å². The van der Waals surface area contributed by atoms with Gasteiger partial charge in [-0.05, 0) is 29.1 Å². The number of alkyl halides is 3. The Bertz CT molecular complexity index is 594. The SMILES string of the molecule is Nc1ccc(CS(=O)c2cccs2)c(C(F)(F)F)c1. The first-order valence-corrected chi connectivity index (χ1v) is 7.45. The van der Waals surface area contributed by atoms with E-state index in [-0.39, 0.29) is 17.0 Å². The van der Waals surface area contributed by atoms with E-state index in [9.17, 15) is 17.4 Å². The van der Waals surface area contributed by atoms with Crippen LogP contribution in [0, 0.1) is 0 Å². The highest BCUT2D eigenvalue weighted by Crippen LogP contribution is 2.34. The van der Waals surface area contributed by atoms with Crippen molar-refractivity contribution in [3.63, 3.8) is 0 Å². The number of nitrogens with two attached hydrogens (primary N) is 1. The molecule has 0 fully saturated rings. The first kappa shape index (κ1) is 14.1. The number of thiophene rings is 1. The smallest absolute Gasteiger partial charge is 0.399 e. The van der Waals surface area contributed by atoms with Gasteiger partial charge < -0.3 is 5.73 Å². The topological polar surface area (TPSA) is 43.1 Å². The van der Waals surface area contributed by atoms with Crippen LogP contribution in [0.5, 0.6) is 0 Å². The van der Waals surface area contributed by atoms with Crippen molar-refractivity contribution in [3.05, 3.63) is 46.8 Å². The number of hydrogen-bond acceptors (Lipinski definition) is 3. The van der Waals surface area contributed by atoms with E-state index in [2.05, 4.69) is 0 Å². The van der Waals surface area contributed by atoms with Gasteiger partial charge in [-0.1, -0.05) is 12.1 Å². The lowest BCUT2D eigenvalue weighted by Gasteiger charge is -2.13. The Balaban J connectivity index is 2.33. The third-order valence-electron chi connectivity index (χ3n) is 2.45. The minimum absolute atomic E-state index is 0.00608. The van der Waals surface area contributed by atoms with Crippen LogP contribution in [0.1, 0.15) is 11.1 Å². The van der Waals surface area contributed by atoms with Crippen LogP contribution in [0.4, 0.5) is 18.9 Å². The summed E-state index contributed by atoms with van der Waals surface area (Å²) in [6, 6.07) is 6.90. The normalized spacial score (nSPS) is 13.4. The average molecular weight is 305 g/mol. The Labute approximate surface area is 114 Å². The summed E-state index contributed by atoms with van der Waals surface area (Å²) in [6.45, 7) is 0. The largest absolute Gasteiger partial charge is 0.416 e. The van der Waals surface area contributed by atoms with Gasteiger partial charge in [0, 0.05) is 5.69 Å². The van der Waals surface area contributed by atoms with Gasteiger partial charge in [0.1, 0.15) is 0 Å². The molecule has 0 aliphatic carbocycles. The standard InChI is InChI=1S/C12H10F3NOS2/c13-12(14,15)10-6-9(16)4-3-8(10)7-19(17)11-2-1-5-18-11/h1-6H,7,16H2. The van der Waals surface area contributed by atoms with E-state index >= 15 is 0 Å². The van der Waals surface area contributed by atoms with E-state index in [4.69, 9.17) is 5.73 Å². The lowest BCUT2D eigenvalue weighted by atomic mass is 10.1. The lowest BCUT2D eigenvalue weighted by Crippen LogP contribution is -2.11. The highest BCUT2D eigenvalue weighted by atomic mass is 32.2. The van der Waals surface area contributed by atoms with E-state index in [1.165, 1.54) is 23.5 Å². The average Bonchev–Trinajstić information content (AvgIpc) is 2.83. The van der Waals surface area contributed by atoms with Crippen LogP contribution in [0.2, 0.25) is 0 Å². The summed E-state index contributed by atoms with van der Waals surface area (Å²) < 4.78 is 51.1. The van der Waals surface area contributed by atoms with Crippen LogP contribution in [0.25, 0.3) is 0 Å². The van der Waals surface area contributed by atoms with Crippen LogP contribution in [0.15, 0.2) is 39.9 Å². The lowest BCUT2D eigenvalue weighted by molar-refractivity contribution is -0.138. The zero-order valence-electron chi connectivity index (χ0n) is 9.61. The molecule has 1 aromatic heterocycles. The molecule has 1 unspecified atom stereocenters. The van der Waals surface area contributed by atoms with Gasteiger partial charge in [0.15, 0.2) is 0 Å². The van der Waals surface area contributed by atoms with Crippen LogP contribution in [-0.4, -0.2) is 4.21 Å². The summed E-state index contributed by atoms with van der Waals surface area (Å²) in [5, 5.41) is 1.74. The minimum atomic E-state index is -4.50. The summed E-state index contributed by atoms with van der Waals surface area (Å²) in [6.07, 6.45) is -4.50. The van der Waals surface area contributed by atoms with E-state index in [0.29, 0.717) is 4.21 Å². The van der Waals surface area contributed by atoms with Gasteiger partial charge in [0.05, 0.1) is 26.3 Å². The molecule has 0 spiro atoms. The highest BCUT2D eigenvalue weighted by Gasteiger charge is 2.33. The molecule has 0 aliphatic rings. The fraction of sp³-hybridized carbons (Fsp3) is 0.167. The summed E-state index contributed by atoms with van der Waals surface area (Å²) in [5.41, 5.74) is 4.59. The predicted molar refractivity (Wildman–Crippen MR) is 70.3 cm³/mol. The number of halogens is 3. The molecular formula is C12H10F3NOS2. The van der Waals surface area contributed by atoms with Crippen LogP contribution in [0.3, 0.4) is 0 Å². The zero-order chi connectivity index (χ0) is 14.0. The van der Waals surface area contributed by atoms with Gasteiger partial charge in [-0.3, -0.25) is 4.21 Å². The molecular weight excluding hydrogens is 295 g/mol. The molecule has 0 radical (unpaired) electrons. The van der Waals surface area contributed by atoms with Crippen LogP contribution < -0.4 is 5.73 Å². The molecule has 102 valence electrons. The van der Waals surface area contributed by atoms with Gasteiger partial charge in [-0.25, -0.2) is 0 Å². The van der Waals surface area contributed by atoms with Crippen LogP contribution >= 0.6 is 11.3 Å². The van der Waals surface area contributed by atoms with Crippen molar-refractivity contribution in [1.82, 2.24) is 0 Å². The molecule has 0 saturated heterocycles. The number of anilines is 1. The molecule has 7 heteroatoms. The summed E-state index contributed by atoms with van der Waals surface area (Å²) >= 11 is 1.26. The molecule has 2 N–H and O–H groups in total. The summed E-state index contributed by atoms with van der Waals surface area (Å²) in [7, 11) is -1.48. The number of hydrogen-bond donors (Lipinski definition) is 1. The van der Waals surface area contributed by atoms with Crippen LogP contribution in [-0.2, 0) is 22.7 Å². The van der Waals surface area contributed by atoms with Crippen molar-refractivity contribution in [3.8, 4) is 0 Å². The maximum Gasteiger partial charge on any atom is 0.416 e. The molecule has 1 aromatic carbocycles. The van der Waals surface area contributed by atoms with E-state index in [1.807, 2.05) is 0 Å². The Morgan fingerprint density at radius 1 is 1.26 bits per heavy atom. The van der Waals surface area contributed by atoms with Gasteiger partial charge in [-0.2, -0.15) is 13.2 Å². The van der Waals surface area contributed by atoms with Crippen molar-refractivity contribution < 1.29 is 17.4 Å². The maximum atomic E-state index is 12.9. The molecule has 0 amide bonds. The van der Waals surface area contributed by atoms with Crippen molar-refractivity contribution >= 4 is 27.8 Å². The van der Waals surface area contributed by atoms with Crippen molar-refractivity contribution in [2.45, 2.75) is 16.1 Å². The van der Waals surface area contributed by atoms with Crippen molar-refractivity contribution in [2.24, 2.45) is 0 Å². The molecule has 1 atom stereocenters. The highest BCUT2D eigenvalue weighted by molar-refractivity contribution is 7.86. The molecule has 19 heavy (non-hydrogen) atoms.